The van der Waals surface area contributed by atoms with Gasteiger partial charge >= 0.3 is 5.97 Å². The Morgan fingerprint density at radius 2 is 2.06 bits per heavy atom. The number of hydrogen-bond acceptors (Lipinski definition) is 3. The van der Waals surface area contributed by atoms with Gasteiger partial charge < -0.3 is 14.7 Å². The molecule has 1 aromatic rings. The lowest BCUT2D eigenvalue weighted by Gasteiger charge is -2.29. The molecule has 4 nitrogen and oxygen atoms in total. The second-order valence-corrected chi connectivity index (χ2v) is 3.87. The first kappa shape index (κ1) is 13.5. The standard InChI is InChI=1S/C13H19NO3/c1-3-17-10-11(2)14(9-13(15)16)12-7-5-4-6-8-12/h4-8,11H,3,9-10H2,1-2H3,(H,15,16). The molecule has 1 N–H and O–H groups in total. The maximum atomic E-state index is 10.9. The molecule has 0 amide bonds. The highest BCUT2D eigenvalue weighted by atomic mass is 16.5. The molecule has 0 aliphatic heterocycles. The second-order valence-electron chi connectivity index (χ2n) is 3.87. The molecule has 1 atom stereocenters. The molecule has 0 aromatic heterocycles. The predicted octanol–water partition coefficient (Wildman–Crippen LogP) is 2.00. The lowest BCUT2D eigenvalue weighted by atomic mass is 10.2. The molecule has 17 heavy (non-hydrogen) atoms. The highest BCUT2D eigenvalue weighted by Gasteiger charge is 2.17. The third-order valence-electron chi connectivity index (χ3n) is 2.49. The molecular formula is C13H19NO3. The molecule has 0 radical (unpaired) electrons. The van der Waals surface area contributed by atoms with E-state index in [1.807, 2.05) is 49.1 Å². The minimum atomic E-state index is -0.836. The third kappa shape index (κ3) is 4.44. The van der Waals surface area contributed by atoms with E-state index in [0.29, 0.717) is 13.2 Å². The van der Waals surface area contributed by atoms with Crippen LogP contribution in [-0.4, -0.2) is 36.9 Å². The summed E-state index contributed by atoms with van der Waals surface area (Å²) in [5.41, 5.74) is 0.905. The van der Waals surface area contributed by atoms with Crippen molar-refractivity contribution >= 4 is 11.7 Å². The molecule has 1 aromatic carbocycles. The number of benzene rings is 1. The van der Waals surface area contributed by atoms with E-state index >= 15 is 0 Å². The number of aliphatic carboxylic acids is 1. The zero-order valence-electron chi connectivity index (χ0n) is 10.3. The van der Waals surface area contributed by atoms with Gasteiger partial charge in [0.15, 0.2) is 0 Å². The monoisotopic (exact) mass is 237 g/mol. The van der Waals surface area contributed by atoms with Crippen molar-refractivity contribution in [2.75, 3.05) is 24.7 Å². The van der Waals surface area contributed by atoms with Crippen LogP contribution in [-0.2, 0) is 9.53 Å². The Morgan fingerprint density at radius 3 is 2.59 bits per heavy atom. The SMILES string of the molecule is CCOCC(C)N(CC(=O)O)c1ccccc1. The van der Waals surface area contributed by atoms with Gasteiger partial charge in [-0.1, -0.05) is 18.2 Å². The number of anilines is 1. The van der Waals surface area contributed by atoms with Crippen LogP contribution in [0.5, 0.6) is 0 Å². The van der Waals surface area contributed by atoms with E-state index in [-0.39, 0.29) is 12.6 Å². The number of carboxylic acids is 1. The van der Waals surface area contributed by atoms with Gasteiger partial charge in [0.2, 0.25) is 0 Å². The Hall–Kier alpha value is -1.55. The smallest absolute Gasteiger partial charge is 0.323 e. The van der Waals surface area contributed by atoms with Gasteiger partial charge in [0, 0.05) is 12.3 Å². The Morgan fingerprint density at radius 1 is 1.41 bits per heavy atom. The molecule has 0 bridgehead atoms. The van der Waals surface area contributed by atoms with E-state index in [4.69, 9.17) is 9.84 Å². The van der Waals surface area contributed by atoms with Crippen molar-refractivity contribution in [2.45, 2.75) is 19.9 Å². The van der Waals surface area contributed by atoms with Gasteiger partial charge in [-0.3, -0.25) is 4.79 Å². The van der Waals surface area contributed by atoms with E-state index in [2.05, 4.69) is 0 Å². The fourth-order valence-electron chi connectivity index (χ4n) is 1.65. The fourth-order valence-corrected chi connectivity index (χ4v) is 1.65. The Balaban J connectivity index is 2.76. The summed E-state index contributed by atoms with van der Waals surface area (Å²) < 4.78 is 5.34. The first-order chi connectivity index (χ1) is 8.15. The molecule has 1 rings (SSSR count). The number of ether oxygens (including phenoxy) is 1. The van der Waals surface area contributed by atoms with Gasteiger partial charge in [-0.2, -0.15) is 0 Å². The number of para-hydroxylation sites is 1. The topological polar surface area (TPSA) is 49.8 Å². The summed E-state index contributed by atoms with van der Waals surface area (Å²) in [5.74, 6) is -0.836. The van der Waals surface area contributed by atoms with Crippen LogP contribution in [0.15, 0.2) is 30.3 Å². The van der Waals surface area contributed by atoms with Gasteiger partial charge in [-0.25, -0.2) is 0 Å². The largest absolute Gasteiger partial charge is 0.480 e. The van der Waals surface area contributed by atoms with Crippen LogP contribution in [0.4, 0.5) is 5.69 Å². The molecule has 0 aliphatic rings. The molecule has 0 fully saturated rings. The minimum Gasteiger partial charge on any atom is -0.480 e. The molecule has 94 valence electrons. The van der Waals surface area contributed by atoms with Crippen LogP contribution in [0.25, 0.3) is 0 Å². The van der Waals surface area contributed by atoms with Crippen LogP contribution in [0, 0.1) is 0 Å². The van der Waals surface area contributed by atoms with Crippen molar-refractivity contribution < 1.29 is 14.6 Å². The number of nitrogens with zero attached hydrogens (tertiary/aromatic N) is 1. The maximum absolute atomic E-state index is 10.9. The minimum absolute atomic E-state index is 0.0156. The molecule has 0 saturated heterocycles. The first-order valence-corrected chi connectivity index (χ1v) is 5.76. The van der Waals surface area contributed by atoms with Crippen molar-refractivity contribution in [3.63, 3.8) is 0 Å². The molecular weight excluding hydrogens is 218 g/mol. The van der Waals surface area contributed by atoms with E-state index in [0.717, 1.165) is 5.69 Å². The third-order valence-corrected chi connectivity index (χ3v) is 2.49. The second kappa shape index (κ2) is 6.91. The quantitative estimate of drug-likeness (QED) is 0.788. The van der Waals surface area contributed by atoms with Gasteiger partial charge in [-0.05, 0) is 26.0 Å². The maximum Gasteiger partial charge on any atom is 0.323 e. The molecule has 0 aliphatic carbocycles. The summed E-state index contributed by atoms with van der Waals surface area (Å²) in [6, 6.07) is 9.56. The number of carbonyl (C=O) groups is 1. The number of hydrogen-bond donors (Lipinski definition) is 1. The average Bonchev–Trinajstić information content (AvgIpc) is 2.34. The Labute approximate surface area is 102 Å². The molecule has 1 unspecified atom stereocenters. The van der Waals surface area contributed by atoms with E-state index < -0.39 is 5.97 Å². The summed E-state index contributed by atoms with van der Waals surface area (Å²) in [4.78, 5) is 12.7. The number of carboxylic acid groups (broad SMARTS) is 1. The lowest BCUT2D eigenvalue weighted by molar-refractivity contribution is -0.135. The highest BCUT2D eigenvalue weighted by molar-refractivity contribution is 5.74. The zero-order valence-corrected chi connectivity index (χ0v) is 10.3. The van der Waals surface area contributed by atoms with Crippen LogP contribution in [0.1, 0.15) is 13.8 Å². The van der Waals surface area contributed by atoms with Crippen molar-refractivity contribution in [1.82, 2.24) is 0 Å². The Kier molecular flexibility index (Phi) is 5.49. The van der Waals surface area contributed by atoms with E-state index in [1.165, 1.54) is 0 Å². The van der Waals surface area contributed by atoms with E-state index in [9.17, 15) is 4.79 Å². The number of rotatable bonds is 7. The van der Waals surface area contributed by atoms with Gasteiger partial charge in [0.05, 0.1) is 12.6 Å². The molecule has 0 saturated carbocycles. The predicted molar refractivity (Wildman–Crippen MR) is 67.4 cm³/mol. The summed E-state index contributed by atoms with van der Waals surface area (Å²) >= 11 is 0. The van der Waals surface area contributed by atoms with Gasteiger partial charge in [-0.15, -0.1) is 0 Å². The van der Waals surface area contributed by atoms with Gasteiger partial charge in [0.1, 0.15) is 6.54 Å². The van der Waals surface area contributed by atoms with Crippen LogP contribution in [0.2, 0.25) is 0 Å². The molecule has 0 heterocycles. The summed E-state index contributed by atoms with van der Waals surface area (Å²) in [7, 11) is 0. The van der Waals surface area contributed by atoms with E-state index in [1.54, 1.807) is 0 Å². The molecule has 0 spiro atoms. The molecule has 4 heteroatoms. The van der Waals surface area contributed by atoms with Crippen molar-refractivity contribution in [3.05, 3.63) is 30.3 Å². The van der Waals surface area contributed by atoms with Gasteiger partial charge in [0.25, 0.3) is 0 Å². The highest BCUT2D eigenvalue weighted by Crippen LogP contribution is 2.16. The van der Waals surface area contributed by atoms with Crippen molar-refractivity contribution in [2.24, 2.45) is 0 Å². The first-order valence-electron chi connectivity index (χ1n) is 5.76. The Bertz CT molecular complexity index is 340. The van der Waals surface area contributed by atoms with Crippen LogP contribution < -0.4 is 4.90 Å². The van der Waals surface area contributed by atoms with Crippen LogP contribution >= 0.6 is 0 Å². The normalized spacial score (nSPS) is 12.1. The van der Waals surface area contributed by atoms with Crippen molar-refractivity contribution in [1.29, 1.82) is 0 Å². The lowest BCUT2D eigenvalue weighted by Crippen LogP contribution is -2.40. The summed E-state index contributed by atoms with van der Waals surface area (Å²) in [6.07, 6.45) is 0. The summed E-state index contributed by atoms with van der Waals surface area (Å²) in [5, 5.41) is 8.94. The average molecular weight is 237 g/mol. The zero-order chi connectivity index (χ0) is 12.7. The van der Waals surface area contributed by atoms with Crippen LogP contribution in [0.3, 0.4) is 0 Å². The fraction of sp³-hybridized carbons (Fsp3) is 0.462. The summed E-state index contributed by atoms with van der Waals surface area (Å²) in [6.45, 7) is 5.04. The van der Waals surface area contributed by atoms with Crippen molar-refractivity contribution in [3.8, 4) is 0 Å².